The Bertz CT molecular complexity index is 1090. The Morgan fingerprint density at radius 1 is 0.971 bits per heavy atom. The first-order valence-corrected chi connectivity index (χ1v) is 12.3. The first-order chi connectivity index (χ1) is 16.5. The Morgan fingerprint density at radius 2 is 1.68 bits per heavy atom. The fourth-order valence-corrected chi connectivity index (χ4v) is 4.16. The van der Waals surface area contributed by atoms with Gasteiger partial charge in [0.2, 0.25) is 5.91 Å². The highest BCUT2D eigenvalue weighted by Crippen LogP contribution is 2.18. The van der Waals surface area contributed by atoms with Crippen LogP contribution in [0, 0.1) is 5.82 Å². The maximum Gasteiger partial charge on any atom is 0.254 e. The molecular weight excluding hydrogens is 431 g/mol. The van der Waals surface area contributed by atoms with Gasteiger partial charge in [-0.05, 0) is 49.9 Å². The number of aromatic nitrogens is 2. The summed E-state index contributed by atoms with van der Waals surface area (Å²) in [5, 5.41) is 2.78. The maximum atomic E-state index is 13.7. The van der Waals surface area contributed by atoms with E-state index in [-0.39, 0.29) is 17.4 Å². The van der Waals surface area contributed by atoms with E-state index in [4.69, 9.17) is 4.98 Å². The molecule has 0 unspecified atom stereocenters. The molecule has 34 heavy (non-hydrogen) atoms. The number of unbranched alkanes of at least 4 members (excludes halogenated alkanes) is 2. The number of carbonyl (C=O) groups is 2. The van der Waals surface area contributed by atoms with E-state index in [2.05, 4.69) is 23.7 Å². The summed E-state index contributed by atoms with van der Waals surface area (Å²) in [6.07, 6.45) is 5.21. The van der Waals surface area contributed by atoms with Crippen LogP contribution >= 0.6 is 0 Å². The third kappa shape index (κ3) is 6.65. The summed E-state index contributed by atoms with van der Waals surface area (Å²) >= 11 is 0. The predicted molar refractivity (Wildman–Crippen MR) is 133 cm³/mol. The number of nitrogens with zero attached hydrogens (tertiary/aromatic N) is 3. The summed E-state index contributed by atoms with van der Waals surface area (Å²) in [5.41, 5.74) is 1.96. The summed E-state index contributed by atoms with van der Waals surface area (Å²) in [6.45, 7) is 6.51. The molecule has 7 heteroatoms. The molecule has 1 N–H and O–H groups in total. The largest absolute Gasteiger partial charge is 0.352 e. The number of carbonyl (C=O) groups excluding carboxylic acids is 2. The van der Waals surface area contributed by atoms with Crippen molar-refractivity contribution in [1.82, 2.24) is 19.8 Å². The number of para-hydroxylation sites is 2. The minimum absolute atomic E-state index is 0.0704. The first-order valence-electron chi connectivity index (χ1n) is 12.3. The van der Waals surface area contributed by atoms with E-state index < -0.39 is 5.82 Å². The molecule has 6 nitrogen and oxygen atoms in total. The number of imidazole rings is 1. The van der Waals surface area contributed by atoms with Crippen molar-refractivity contribution in [2.75, 3.05) is 19.6 Å². The second-order valence-corrected chi connectivity index (χ2v) is 8.53. The third-order valence-corrected chi connectivity index (χ3v) is 5.85. The predicted octanol–water partition coefficient (Wildman–Crippen LogP) is 4.97. The SMILES string of the molecule is CCCN(CCC)C(=O)Cn1c(CCCCCNC(=O)c2ccccc2F)nc2ccccc21. The second-order valence-electron chi connectivity index (χ2n) is 8.53. The zero-order valence-corrected chi connectivity index (χ0v) is 20.2. The quantitative estimate of drug-likeness (QED) is 0.362. The molecular formula is C27H35FN4O2. The van der Waals surface area contributed by atoms with Crippen LogP contribution in [0.4, 0.5) is 4.39 Å². The highest BCUT2D eigenvalue weighted by molar-refractivity contribution is 5.94. The second kappa shape index (κ2) is 12.9. The zero-order valence-electron chi connectivity index (χ0n) is 20.2. The van der Waals surface area contributed by atoms with Crippen LogP contribution in [0.1, 0.15) is 62.1 Å². The van der Waals surface area contributed by atoms with Crippen LogP contribution in [0.3, 0.4) is 0 Å². The number of nitrogens with one attached hydrogen (secondary N) is 1. The molecule has 0 spiro atoms. The van der Waals surface area contributed by atoms with Gasteiger partial charge in [-0.25, -0.2) is 9.37 Å². The number of rotatable bonds is 13. The van der Waals surface area contributed by atoms with Crippen LogP contribution in [0.5, 0.6) is 0 Å². The van der Waals surface area contributed by atoms with Gasteiger partial charge in [0.15, 0.2) is 0 Å². The Kier molecular flexibility index (Phi) is 9.62. The number of amides is 2. The number of aryl methyl sites for hydroxylation is 1. The van der Waals surface area contributed by atoms with Crippen LogP contribution in [0.25, 0.3) is 11.0 Å². The molecule has 0 aliphatic heterocycles. The lowest BCUT2D eigenvalue weighted by Gasteiger charge is -2.22. The Hall–Kier alpha value is -3.22. The molecule has 0 bridgehead atoms. The summed E-state index contributed by atoms with van der Waals surface area (Å²) in [5.74, 6) is 0.147. The molecule has 0 fully saturated rings. The van der Waals surface area contributed by atoms with E-state index >= 15 is 0 Å². The molecule has 3 aromatic rings. The molecule has 1 aromatic heterocycles. The monoisotopic (exact) mass is 466 g/mol. The van der Waals surface area contributed by atoms with Crippen molar-refractivity contribution in [2.24, 2.45) is 0 Å². The first kappa shape index (κ1) is 25.4. The summed E-state index contributed by atoms with van der Waals surface area (Å²) < 4.78 is 15.8. The van der Waals surface area contributed by atoms with Crippen LogP contribution < -0.4 is 5.32 Å². The number of hydrogen-bond acceptors (Lipinski definition) is 3. The third-order valence-electron chi connectivity index (χ3n) is 5.85. The average molecular weight is 467 g/mol. The molecule has 2 aromatic carbocycles. The van der Waals surface area contributed by atoms with E-state index in [9.17, 15) is 14.0 Å². The van der Waals surface area contributed by atoms with Gasteiger partial charge < -0.3 is 14.8 Å². The molecule has 2 amide bonds. The number of hydrogen-bond donors (Lipinski definition) is 1. The van der Waals surface area contributed by atoms with Crippen LogP contribution in [0.2, 0.25) is 0 Å². The van der Waals surface area contributed by atoms with Crippen LogP contribution in [-0.2, 0) is 17.8 Å². The number of halogens is 1. The fourth-order valence-electron chi connectivity index (χ4n) is 4.16. The van der Waals surface area contributed by atoms with Crippen molar-refractivity contribution in [3.63, 3.8) is 0 Å². The smallest absolute Gasteiger partial charge is 0.254 e. The van der Waals surface area contributed by atoms with E-state index in [0.29, 0.717) is 13.1 Å². The minimum Gasteiger partial charge on any atom is -0.352 e. The van der Waals surface area contributed by atoms with Crippen molar-refractivity contribution in [1.29, 1.82) is 0 Å². The van der Waals surface area contributed by atoms with Gasteiger partial charge in [0, 0.05) is 26.1 Å². The van der Waals surface area contributed by atoms with Gasteiger partial charge in [-0.15, -0.1) is 0 Å². The van der Waals surface area contributed by atoms with Gasteiger partial charge in [0.25, 0.3) is 5.91 Å². The normalized spacial score (nSPS) is 11.0. The highest BCUT2D eigenvalue weighted by Gasteiger charge is 2.17. The average Bonchev–Trinajstić information content (AvgIpc) is 3.18. The van der Waals surface area contributed by atoms with Crippen molar-refractivity contribution in [2.45, 2.75) is 58.9 Å². The number of fused-ring (bicyclic) bond motifs is 1. The molecule has 0 saturated carbocycles. The lowest BCUT2D eigenvalue weighted by Crippen LogP contribution is -2.35. The number of benzene rings is 2. The Labute approximate surface area is 201 Å². The van der Waals surface area contributed by atoms with Crippen molar-refractivity contribution < 1.29 is 14.0 Å². The molecule has 0 aliphatic carbocycles. The maximum absolute atomic E-state index is 13.7. The standard InChI is InChI=1S/C27H35FN4O2/c1-3-18-31(19-4-2)26(33)20-32-24-15-10-9-14-23(24)30-25(32)16-6-5-11-17-29-27(34)21-12-7-8-13-22(21)28/h7-10,12-15H,3-6,11,16-20H2,1-2H3,(H,29,34). The van der Waals surface area contributed by atoms with Crippen LogP contribution in [0.15, 0.2) is 48.5 Å². The van der Waals surface area contributed by atoms with Gasteiger partial charge in [0.05, 0.1) is 16.6 Å². The van der Waals surface area contributed by atoms with Crippen LogP contribution in [-0.4, -0.2) is 45.9 Å². The highest BCUT2D eigenvalue weighted by atomic mass is 19.1. The topological polar surface area (TPSA) is 67.2 Å². The molecule has 0 aliphatic rings. The lowest BCUT2D eigenvalue weighted by atomic mass is 10.1. The fraction of sp³-hybridized carbons (Fsp3) is 0.444. The summed E-state index contributed by atoms with van der Waals surface area (Å²) in [6, 6.07) is 13.9. The van der Waals surface area contributed by atoms with Gasteiger partial charge in [-0.1, -0.05) is 44.5 Å². The lowest BCUT2D eigenvalue weighted by molar-refractivity contribution is -0.131. The zero-order chi connectivity index (χ0) is 24.3. The molecule has 0 atom stereocenters. The van der Waals surface area contributed by atoms with E-state index in [1.807, 2.05) is 29.2 Å². The van der Waals surface area contributed by atoms with Crippen molar-refractivity contribution >= 4 is 22.8 Å². The van der Waals surface area contributed by atoms with Gasteiger partial charge in [-0.2, -0.15) is 0 Å². The van der Waals surface area contributed by atoms with E-state index in [1.54, 1.807) is 12.1 Å². The Morgan fingerprint density at radius 3 is 2.41 bits per heavy atom. The molecule has 0 radical (unpaired) electrons. The molecule has 182 valence electrons. The van der Waals surface area contributed by atoms with Gasteiger partial charge in [0.1, 0.15) is 18.2 Å². The summed E-state index contributed by atoms with van der Waals surface area (Å²) in [4.78, 5) is 31.9. The van der Waals surface area contributed by atoms with Crippen molar-refractivity contribution in [3.8, 4) is 0 Å². The van der Waals surface area contributed by atoms with E-state index in [0.717, 1.165) is 68.5 Å². The summed E-state index contributed by atoms with van der Waals surface area (Å²) in [7, 11) is 0. The Balaban J connectivity index is 1.55. The van der Waals surface area contributed by atoms with Gasteiger partial charge >= 0.3 is 0 Å². The van der Waals surface area contributed by atoms with E-state index in [1.165, 1.54) is 12.1 Å². The minimum atomic E-state index is -0.509. The van der Waals surface area contributed by atoms with Crippen molar-refractivity contribution in [3.05, 3.63) is 65.7 Å². The molecule has 1 heterocycles. The molecule has 3 rings (SSSR count). The molecule has 0 saturated heterocycles. The van der Waals surface area contributed by atoms with Gasteiger partial charge in [-0.3, -0.25) is 9.59 Å².